The molecule has 6 nitrogen and oxygen atoms in total. The van der Waals surface area contributed by atoms with Crippen LogP contribution in [-0.4, -0.2) is 37.3 Å². The molecule has 0 radical (unpaired) electrons. The lowest BCUT2D eigenvalue weighted by Crippen LogP contribution is -2.50. The van der Waals surface area contributed by atoms with Crippen molar-refractivity contribution in [1.29, 1.82) is 0 Å². The van der Waals surface area contributed by atoms with E-state index in [4.69, 9.17) is 0 Å². The Morgan fingerprint density at radius 1 is 1.19 bits per heavy atom. The minimum Gasteiger partial charge on any atom is -0.480 e. The predicted molar refractivity (Wildman–Crippen MR) is 132 cm³/mol. The van der Waals surface area contributed by atoms with Gasteiger partial charge in [0.15, 0.2) is 5.16 Å². The molecule has 1 aromatic heterocycles. The quantitative estimate of drug-likeness (QED) is 0.388. The summed E-state index contributed by atoms with van der Waals surface area (Å²) in [5.74, 6) is -1.61. The second-order valence-corrected chi connectivity index (χ2v) is 10.9. The number of fused-ring (bicyclic) bond motifs is 1. The lowest BCUT2D eigenvalue weighted by Gasteiger charge is -2.27. The number of aromatic nitrogens is 2. The summed E-state index contributed by atoms with van der Waals surface area (Å²) in [6.45, 7) is 9.23. The molecular weight excluding hydrogens is 490 g/mol. The number of nitrogens with zero attached hydrogens (tertiary/aromatic N) is 2. The average Bonchev–Trinajstić information content (AvgIpc) is 3.09. The summed E-state index contributed by atoms with van der Waals surface area (Å²) in [5.41, 5.74) is 2.23. The number of amides is 1. The molecule has 0 fully saturated rings. The number of hydrogen-bond acceptors (Lipinski definition) is 4. The van der Waals surface area contributed by atoms with Gasteiger partial charge in [-0.3, -0.25) is 9.36 Å². The van der Waals surface area contributed by atoms with Gasteiger partial charge in [-0.25, -0.2) is 9.78 Å². The monoisotopic (exact) mass is 517 g/mol. The van der Waals surface area contributed by atoms with Crippen molar-refractivity contribution < 1.29 is 14.7 Å². The number of aryl methyl sites for hydroxylation is 1. The zero-order valence-electron chi connectivity index (χ0n) is 18.8. The van der Waals surface area contributed by atoms with Gasteiger partial charge in [0.2, 0.25) is 5.91 Å². The fourth-order valence-electron chi connectivity index (χ4n) is 3.56. The number of carbonyl (C=O) groups excluding carboxylic acids is 1. The summed E-state index contributed by atoms with van der Waals surface area (Å²) in [6.07, 6.45) is 2.65. The normalized spacial score (nSPS) is 12.8. The van der Waals surface area contributed by atoms with Crippen LogP contribution in [0, 0.1) is 5.92 Å². The lowest BCUT2D eigenvalue weighted by molar-refractivity contribution is -0.143. The van der Waals surface area contributed by atoms with E-state index in [0.29, 0.717) is 5.16 Å². The molecule has 0 aliphatic carbocycles. The number of nitrogens with one attached hydrogen (secondary N) is 1. The van der Waals surface area contributed by atoms with Crippen molar-refractivity contribution in [3.8, 4) is 5.69 Å². The third-order valence-electron chi connectivity index (χ3n) is 5.41. The van der Waals surface area contributed by atoms with Gasteiger partial charge in [-0.2, -0.15) is 0 Å². The third kappa shape index (κ3) is 4.86. The topological polar surface area (TPSA) is 84.2 Å². The molecule has 2 N–H and O–H groups in total. The van der Waals surface area contributed by atoms with Gasteiger partial charge in [0.1, 0.15) is 10.6 Å². The molecular formula is C24H28BrN3O3S. The highest BCUT2D eigenvalue weighted by molar-refractivity contribution is 9.10. The lowest BCUT2D eigenvalue weighted by atomic mass is 10.0. The van der Waals surface area contributed by atoms with E-state index < -0.39 is 16.8 Å². The molecule has 0 aliphatic heterocycles. The van der Waals surface area contributed by atoms with Crippen LogP contribution in [-0.2, 0) is 16.0 Å². The molecule has 1 amide bonds. The summed E-state index contributed by atoms with van der Waals surface area (Å²) in [4.78, 5) is 29.1. The fourth-order valence-corrected chi connectivity index (χ4v) is 5.14. The second-order valence-electron chi connectivity index (χ2n) is 8.49. The van der Waals surface area contributed by atoms with Crippen LogP contribution in [0.5, 0.6) is 0 Å². The van der Waals surface area contributed by atoms with Gasteiger partial charge in [-0.1, -0.05) is 62.9 Å². The fraction of sp³-hybridized carbons (Fsp3) is 0.375. The van der Waals surface area contributed by atoms with Gasteiger partial charge >= 0.3 is 5.97 Å². The number of carbonyl (C=O) groups is 2. The molecule has 3 rings (SSSR count). The van der Waals surface area contributed by atoms with Crippen LogP contribution in [0.2, 0.25) is 0 Å². The molecule has 170 valence electrons. The van der Waals surface area contributed by atoms with E-state index in [-0.39, 0.29) is 11.8 Å². The first-order valence-electron chi connectivity index (χ1n) is 10.5. The van der Waals surface area contributed by atoms with E-state index in [1.165, 1.54) is 22.7 Å². The minimum atomic E-state index is -1.04. The first-order chi connectivity index (χ1) is 15.1. The van der Waals surface area contributed by atoms with Crippen molar-refractivity contribution in [2.75, 3.05) is 0 Å². The molecule has 2 aromatic carbocycles. The van der Waals surface area contributed by atoms with Gasteiger partial charge in [-0.05, 0) is 59.1 Å². The Morgan fingerprint density at radius 2 is 1.84 bits per heavy atom. The molecule has 1 unspecified atom stereocenters. The Balaban J connectivity index is 1.99. The standard InChI is InChI=1S/C24H28BrN3O3S/c1-6-15-11-12-18(17-10-8-7-9-16(15)17)28-19(25)13-26-23(28)32-24(4,5)22(31)27-20(14(2)3)21(29)30/h7-14,20H,6H2,1-5H3,(H,27,31)(H,29,30). The summed E-state index contributed by atoms with van der Waals surface area (Å²) in [6, 6.07) is 11.5. The molecule has 0 saturated heterocycles. The second kappa shape index (κ2) is 9.67. The van der Waals surface area contributed by atoms with Crippen molar-refractivity contribution in [2.45, 2.75) is 57.0 Å². The van der Waals surface area contributed by atoms with Crippen molar-refractivity contribution in [2.24, 2.45) is 5.92 Å². The minimum absolute atomic E-state index is 0.225. The third-order valence-corrected chi connectivity index (χ3v) is 7.14. The van der Waals surface area contributed by atoms with Gasteiger partial charge in [0.25, 0.3) is 0 Å². The molecule has 3 aromatic rings. The Kier molecular flexibility index (Phi) is 7.35. The van der Waals surface area contributed by atoms with Crippen molar-refractivity contribution in [3.05, 3.63) is 52.8 Å². The molecule has 32 heavy (non-hydrogen) atoms. The Bertz CT molecular complexity index is 1160. The van der Waals surface area contributed by atoms with Crippen LogP contribution in [0.3, 0.4) is 0 Å². The van der Waals surface area contributed by atoms with E-state index in [1.54, 1.807) is 33.9 Å². The van der Waals surface area contributed by atoms with Crippen LogP contribution in [0.4, 0.5) is 0 Å². The first-order valence-corrected chi connectivity index (χ1v) is 12.1. The largest absolute Gasteiger partial charge is 0.480 e. The number of benzene rings is 2. The first kappa shape index (κ1) is 24.3. The number of carboxylic acid groups (broad SMARTS) is 1. The maximum Gasteiger partial charge on any atom is 0.326 e. The van der Waals surface area contributed by atoms with E-state index in [1.807, 2.05) is 16.7 Å². The predicted octanol–water partition coefficient (Wildman–Crippen LogP) is 5.45. The average molecular weight is 518 g/mol. The van der Waals surface area contributed by atoms with Gasteiger partial charge in [0.05, 0.1) is 16.6 Å². The Hall–Kier alpha value is -2.32. The SMILES string of the molecule is CCc1ccc(-n2c(Br)cnc2SC(C)(C)C(=O)NC(C(=O)O)C(C)C)c2ccccc12. The zero-order valence-corrected chi connectivity index (χ0v) is 21.3. The van der Waals surface area contributed by atoms with Crippen LogP contribution >= 0.6 is 27.7 Å². The van der Waals surface area contributed by atoms with E-state index >= 15 is 0 Å². The number of imidazole rings is 1. The molecule has 0 aliphatic rings. The molecule has 8 heteroatoms. The summed E-state index contributed by atoms with van der Waals surface area (Å²) in [5, 5.41) is 15.0. The maximum atomic E-state index is 13.0. The van der Waals surface area contributed by atoms with Crippen LogP contribution < -0.4 is 5.32 Å². The van der Waals surface area contributed by atoms with Gasteiger partial charge in [0, 0.05) is 5.39 Å². The zero-order chi connectivity index (χ0) is 23.6. The number of thioether (sulfide) groups is 1. The Morgan fingerprint density at radius 3 is 2.44 bits per heavy atom. The summed E-state index contributed by atoms with van der Waals surface area (Å²) >= 11 is 4.90. The molecule has 1 atom stereocenters. The van der Waals surface area contributed by atoms with Crippen molar-refractivity contribution in [1.82, 2.24) is 14.9 Å². The number of halogens is 1. The molecule has 0 bridgehead atoms. The number of aliphatic carboxylic acids is 1. The van der Waals surface area contributed by atoms with Crippen molar-refractivity contribution in [3.63, 3.8) is 0 Å². The van der Waals surface area contributed by atoms with E-state index in [2.05, 4.69) is 57.4 Å². The Labute approximate surface area is 200 Å². The smallest absolute Gasteiger partial charge is 0.326 e. The molecule has 0 saturated carbocycles. The molecule has 0 spiro atoms. The highest BCUT2D eigenvalue weighted by Gasteiger charge is 2.35. The highest BCUT2D eigenvalue weighted by Crippen LogP contribution is 2.37. The highest BCUT2D eigenvalue weighted by atomic mass is 79.9. The van der Waals surface area contributed by atoms with E-state index in [9.17, 15) is 14.7 Å². The molecule has 1 heterocycles. The van der Waals surface area contributed by atoms with Crippen LogP contribution in [0.15, 0.2) is 52.4 Å². The summed E-state index contributed by atoms with van der Waals surface area (Å²) in [7, 11) is 0. The van der Waals surface area contributed by atoms with Crippen LogP contribution in [0.25, 0.3) is 16.5 Å². The van der Waals surface area contributed by atoms with Gasteiger partial charge < -0.3 is 10.4 Å². The van der Waals surface area contributed by atoms with Crippen LogP contribution in [0.1, 0.15) is 40.2 Å². The van der Waals surface area contributed by atoms with Gasteiger partial charge in [-0.15, -0.1) is 0 Å². The maximum absolute atomic E-state index is 13.0. The van der Waals surface area contributed by atoms with E-state index in [0.717, 1.165) is 22.1 Å². The number of carboxylic acids is 1. The van der Waals surface area contributed by atoms with Crippen molar-refractivity contribution >= 4 is 50.3 Å². The number of hydrogen-bond donors (Lipinski definition) is 2. The summed E-state index contributed by atoms with van der Waals surface area (Å²) < 4.78 is 1.82. The number of rotatable bonds is 8.